The Morgan fingerprint density at radius 1 is 1.19 bits per heavy atom. The molecule has 8 heteroatoms. The molecule has 1 amide bonds. The van der Waals surface area contributed by atoms with Crippen LogP contribution < -0.4 is 10.6 Å². The van der Waals surface area contributed by atoms with E-state index in [-0.39, 0.29) is 6.04 Å². The smallest absolute Gasteiger partial charge is 0.326 e. The number of carboxylic acids is 2. The molecule has 0 aliphatic carbocycles. The zero-order valence-corrected chi connectivity index (χ0v) is 13.8. The Bertz CT molecular complexity index is 313. The van der Waals surface area contributed by atoms with Crippen LogP contribution in [0.1, 0.15) is 26.7 Å². The third-order valence-electron chi connectivity index (χ3n) is 2.53. The van der Waals surface area contributed by atoms with Crippen molar-refractivity contribution < 1.29 is 24.6 Å². The van der Waals surface area contributed by atoms with Gasteiger partial charge in [-0.1, -0.05) is 13.8 Å². The molecule has 0 aliphatic heterocycles. The van der Waals surface area contributed by atoms with E-state index in [1.165, 1.54) is 0 Å². The Balaban J connectivity index is 0. The number of rotatable bonds is 10. The number of hydrogen-bond acceptors (Lipinski definition) is 5. The number of thioether (sulfide) groups is 1. The van der Waals surface area contributed by atoms with E-state index in [0.29, 0.717) is 25.2 Å². The van der Waals surface area contributed by atoms with Crippen LogP contribution in [0, 0.1) is 5.92 Å². The van der Waals surface area contributed by atoms with Gasteiger partial charge in [0.05, 0.1) is 0 Å². The monoisotopic (exact) mass is 322 g/mol. The zero-order chi connectivity index (χ0) is 16.8. The Hall–Kier alpha value is -1.28. The van der Waals surface area contributed by atoms with E-state index in [1.807, 2.05) is 20.1 Å². The van der Waals surface area contributed by atoms with Crippen LogP contribution in [0.3, 0.4) is 0 Å². The summed E-state index contributed by atoms with van der Waals surface area (Å²) in [6.07, 6.45) is 3.46. The molecule has 2 atom stereocenters. The summed E-state index contributed by atoms with van der Waals surface area (Å²) >= 11 is 1.55. The first-order chi connectivity index (χ1) is 9.79. The summed E-state index contributed by atoms with van der Waals surface area (Å²) in [5, 5.41) is 22.0. The second-order valence-corrected chi connectivity index (χ2v) is 5.75. The highest BCUT2D eigenvalue weighted by molar-refractivity contribution is 7.98. The molecular formula is C13H26N2O5S. The average molecular weight is 322 g/mol. The van der Waals surface area contributed by atoms with Crippen molar-refractivity contribution in [1.29, 1.82) is 0 Å². The first kappa shape index (κ1) is 22.0. The summed E-state index contributed by atoms with van der Waals surface area (Å²) in [7, 11) is 1.67. The largest absolute Gasteiger partial charge is 0.480 e. The molecule has 124 valence electrons. The van der Waals surface area contributed by atoms with Crippen molar-refractivity contribution in [1.82, 2.24) is 10.6 Å². The summed E-state index contributed by atoms with van der Waals surface area (Å²) in [5.74, 6) is -0.589. The van der Waals surface area contributed by atoms with Crippen molar-refractivity contribution in [2.24, 2.45) is 5.92 Å². The minimum Gasteiger partial charge on any atom is -0.480 e. The molecule has 0 rings (SSSR count). The van der Waals surface area contributed by atoms with Gasteiger partial charge in [0.15, 0.2) is 0 Å². The van der Waals surface area contributed by atoms with Crippen molar-refractivity contribution >= 4 is 30.1 Å². The highest BCUT2D eigenvalue weighted by atomic mass is 32.2. The lowest BCUT2D eigenvalue weighted by molar-refractivity contribution is -0.141. The highest BCUT2D eigenvalue weighted by Crippen LogP contribution is 2.03. The standard InChI is InChI=1S/C7H15NO2.C6H11NO3S/c1-5(2)4-6(8-3)7(9)10;1-11-3-2-5(6(9)10)7-4-8/h5-6,8H,4H2,1-3H3,(H,9,10);4-5H,2-3H2,1H3,(H,7,8)(H,9,10)/t6-;5-/m00/s1. The Kier molecular flexibility index (Phi) is 14.3. The van der Waals surface area contributed by atoms with Gasteiger partial charge in [0.25, 0.3) is 0 Å². The Morgan fingerprint density at radius 2 is 1.71 bits per heavy atom. The molecule has 0 fully saturated rings. The normalized spacial score (nSPS) is 12.8. The van der Waals surface area contributed by atoms with E-state index >= 15 is 0 Å². The van der Waals surface area contributed by atoms with Gasteiger partial charge < -0.3 is 20.8 Å². The Labute approximate surface area is 129 Å². The molecule has 0 aliphatic rings. The van der Waals surface area contributed by atoms with Gasteiger partial charge >= 0.3 is 11.9 Å². The van der Waals surface area contributed by atoms with Crippen LogP contribution in [0.4, 0.5) is 0 Å². The fraction of sp³-hybridized carbons (Fsp3) is 0.769. The van der Waals surface area contributed by atoms with Crippen LogP contribution in [-0.2, 0) is 14.4 Å². The lowest BCUT2D eigenvalue weighted by Crippen LogP contribution is -2.36. The number of likely N-dealkylation sites (N-methyl/N-ethyl adjacent to an activating group) is 1. The van der Waals surface area contributed by atoms with Gasteiger partial charge in [-0.3, -0.25) is 9.59 Å². The minimum atomic E-state index is -0.980. The molecule has 0 saturated carbocycles. The number of amides is 1. The second-order valence-electron chi connectivity index (χ2n) is 4.77. The number of carbonyl (C=O) groups is 3. The first-order valence-electron chi connectivity index (χ1n) is 6.61. The maximum Gasteiger partial charge on any atom is 0.326 e. The van der Waals surface area contributed by atoms with Crippen LogP contribution >= 0.6 is 11.8 Å². The molecule has 0 aromatic carbocycles. The fourth-order valence-electron chi connectivity index (χ4n) is 1.41. The van der Waals surface area contributed by atoms with Crippen LogP contribution in [0.25, 0.3) is 0 Å². The van der Waals surface area contributed by atoms with Gasteiger partial charge in [0.2, 0.25) is 6.41 Å². The lowest BCUT2D eigenvalue weighted by Gasteiger charge is -2.12. The van der Waals surface area contributed by atoms with Crippen molar-refractivity contribution in [2.75, 3.05) is 19.1 Å². The second kappa shape index (κ2) is 13.7. The van der Waals surface area contributed by atoms with Gasteiger partial charge in [0.1, 0.15) is 12.1 Å². The maximum atomic E-state index is 10.4. The number of aliphatic carboxylic acids is 2. The summed E-state index contributed by atoms with van der Waals surface area (Å²) in [6, 6.07) is -1.13. The molecule has 0 unspecified atom stereocenters. The van der Waals surface area contributed by atoms with E-state index in [0.717, 1.165) is 5.75 Å². The molecule has 0 spiro atoms. The molecule has 0 heterocycles. The molecule has 0 saturated heterocycles. The summed E-state index contributed by atoms with van der Waals surface area (Å²) in [5.41, 5.74) is 0. The Morgan fingerprint density at radius 3 is 1.95 bits per heavy atom. The maximum absolute atomic E-state index is 10.4. The summed E-state index contributed by atoms with van der Waals surface area (Å²) in [4.78, 5) is 30.7. The van der Waals surface area contributed by atoms with E-state index in [4.69, 9.17) is 10.2 Å². The molecule has 0 radical (unpaired) electrons. The molecule has 0 aromatic rings. The molecule has 4 N–H and O–H groups in total. The van der Waals surface area contributed by atoms with Crippen molar-refractivity contribution in [3.8, 4) is 0 Å². The average Bonchev–Trinajstić information content (AvgIpc) is 2.40. The topological polar surface area (TPSA) is 116 Å². The lowest BCUT2D eigenvalue weighted by atomic mass is 10.0. The summed E-state index contributed by atoms with van der Waals surface area (Å²) in [6.45, 7) is 4.01. The van der Waals surface area contributed by atoms with E-state index in [9.17, 15) is 14.4 Å². The third-order valence-corrected chi connectivity index (χ3v) is 3.18. The van der Waals surface area contributed by atoms with Gasteiger partial charge in [-0.25, -0.2) is 4.79 Å². The molecule has 0 aromatic heterocycles. The predicted molar refractivity (Wildman–Crippen MR) is 83.6 cm³/mol. The van der Waals surface area contributed by atoms with E-state index in [2.05, 4.69) is 10.6 Å². The van der Waals surface area contributed by atoms with Crippen LogP contribution in [0.15, 0.2) is 0 Å². The van der Waals surface area contributed by atoms with Gasteiger partial charge in [-0.05, 0) is 37.8 Å². The highest BCUT2D eigenvalue weighted by Gasteiger charge is 2.15. The predicted octanol–water partition coefficient (Wildman–Crippen LogP) is 0.644. The van der Waals surface area contributed by atoms with Crippen LogP contribution in [0.2, 0.25) is 0 Å². The third kappa shape index (κ3) is 13.5. The van der Waals surface area contributed by atoms with Gasteiger partial charge in [-0.15, -0.1) is 0 Å². The van der Waals surface area contributed by atoms with Crippen LogP contribution in [-0.4, -0.2) is 59.7 Å². The van der Waals surface area contributed by atoms with Crippen molar-refractivity contribution in [2.45, 2.75) is 38.8 Å². The summed E-state index contributed by atoms with van der Waals surface area (Å²) < 4.78 is 0. The first-order valence-corrected chi connectivity index (χ1v) is 8.00. The zero-order valence-electron chi connectivity index (χ0n) is 13.0. The number of nitrogens with one attached hydrogen (secondary N) is 2. The van der Waals surface area contributed by atoms with Crippen LogP contribution in [0.5, 0.6) is 0 Å². The molecule has 21 heavy (non-hydrogen) atoms. The van der Waals surface area contributed by atoms with Gasteiger partial charge in [-0.2, -0.15) is 11.8 Å². The fourth-order valence-corrected chi connectivity index (χ4v) is 1.88. The number of hydrogen-bond donors (Lipinski definition) is 4. The van der Waals surface area contributed by atoms with E-state index < -0.39 is 18.0 Å². The minimum absolute atomic E-state index is 0.389. The van der Waals surface area contributed by atoms with Crippen molar-refractivity contribution in [3.05, 3.63) is 0 Å². The van der Waals surface area contributed by atoms with Crippen molar-refractivity contribution in [3.63, 3.8) is 0 Å². The molecule has 7 nitrogen and oxygen atoms in total. The SMILES string of the molecule is CN[C@@H](CC(C)C)C(=O)O.CSCC[C@H](NC=O)C(=O)O. The molecule has 0 bridgehead atoms. The number of carbonyl (C=O) groups excluding carboxylic acids is 1. The molecular weight excluding hydrogens is 296 g/mol. The quantitative estimate of drug-likeness (QED) is 0.436. The van der Waals surface area contributed by atoms with Gasteiger partial charge in [0, 0.05) is 0 Å². The number of carboxylic acid groups (broad SMARTS) is 2. The van der Waals surface area contributed by atoms with E-state index in [1.54, 1.807) is 18.8 Å².